The summed E-state index contributed by atoms with van der Waals surface area (Å²) in [5.41, 5.74) is 0.961. The third kappa shape index (κ3) is 3.39. The first-order valence-electron chi connectivity index (χ1n) is 3.94. The van der Waals surface area contributed by atoms with Crippen LogP contribution in [0.25, 0.3) is 0 Å². The van der Waals surface area contributed by atoms with Gasteiger partial charge in [0.2, 0.25) is 0 Å². The van der Waals surface area contributed by atoms with E-state index < -0.39 is 6.67 Å². The predicted molar refractivity (Wildman–Crippen MR) is 55.1 cm³/mol. The molecule has 2 radical (unpaired) electrons. The average molecular weight is 243 g/mol. The smallest absolute Gasteiger partial charge is 0.123 e. The molecule has 0 aromatic heterocycles. The molecule has 0 aliphatic rings. The summed E-state index contributed by atoms with van der Waals surface area (Å²) in [4.78, 5) is 0. The van der Waals surface area contributed by atoms with Crippen molar-refractivity contribution in [1.29, 1.82) is 0 Å². The Morgan fingerprint density at radius 2 is 2.15 bits per heavy atom. The van der Waals surface area contributed by atoms with E-state index in [4.69, 9.17) is 12.6 Å². The van der Waals surface area contributed by atoms with Crippen LogP contribution >= 0.6 is 15.9 Å². The molecule has 0 saturated carbocycles. The molecule has 68 valence electrons. The molecule has 1 aromatic carbocycles. The number of hydrogen-bond donors (Lipinski definition) is 0. The van der Waals surface area contributed by atoms with Gasteiger partial charge >= 0.3 is 0 Å². The van der Waals surface area contributed by atoms with E-state index >= 15 is 0 Å². The van der Waals surface area contributed by atoms with Gasteiger partial charge in [0.1, 0.15) is 19.0 Å². The molecule has 0 aliphatic heterocycles. The maximum absolute atomic E-state index is 11.8. The van der Waals surface area contributed by atoms with Crippen LogP contribution in [-0.2, 0) is 6.32 Å². The van der Waals surface area contributed by atoms with E-state index in [2.05, 4.69) is 15.9 Å². The predicted octanol–water partition coefficient (Wildman–Crippen LogP) is 2.47. The minimum absolute atomic E-state index is 0.0838. The Balaban J connectivity index is 2.76. The zero-order chi connectivity index (χ0) is 9.68. The fourth-order valence-corrected chi connectivity index (χ4v) is 1.50. The maximum atomic E-state index is 11.8. The third-order valence-corrected chi connectivity index (χ3v) is 1.97. The van der Waals surface area contributed by atoms with Crippen LogP contribution in [0, 0.1) is 0 Å². The van der Waals surface area contributed by atoms with Crippen LogP contribution in [0.3, 0.4) is 0 Å². The Kier molecular flexibility index (Phi) is 4.29. The monoisotopic (exact) mass is 242 g/mol. The number of hydrogen-bond acceptors (Lipinski definition) is 1. The van der Waals surface area contributed by atoms with Crippen molar-refractivity contribution in [1.82, 2.24) is 0 Å². The van der Waals surface area contributed by atoms with Crippen molar-refractivity contribution < 1.29 is 9.13 Å². The lowest BCUT2D eigenvalue weighted by atomic mass is 9.97. The summed E-state index contributed by atoms with van der Waals surface area (Å²) in [6, 6.07) is 5.50. The van der Waals surface area contributed by atoms with Crippen LogP contribution in [0.15, 0.2) is 22.7 Å². The molecule has 0 heterocycles. The Labute approximate surface area is 86.8 Å². The van der Waals surface area contributed by atoms with Gasteiger partial charge in [0.25, 0.3) is 0 Å². The molecule has 0 bridgehead atoms. The van der Waals surface area contributed by atoms with E-state index in [0.717, 1.165) is 10.0 Å². The van der Waals surface area contributed by atoms with Crippen LogP contribution in [0.2, 0.25) is 0 Å². The SMILES string of the molecule is [B]Cc1cc(Br)cc(OCCF)c1. The lowest BCUT2D eigenvalue weighted by Crippen LogP contribution is -1.99. The Morgan fingerprint density at radius 3 is 2.77 bits per heavy atom. The van der Waals surface area contributed by atoms with Gasteiger partial charge in [0.15, 0.2) is 0 Å². The van der Waals surface area contributed by atoms with E-state index in [0.29, 0.717) is 12.1 Å². The second kappa shape index (κ2) is 5.27. The molecular weight excluding hydrogens is 234 g/mol. The lowest BCUT2D eigenvalue weighted by molar-refractivity contribution is 0.273. The van der Waals surface area contributed by atoms with Gasteiger partial charge in [-0.3, -0.25) is 0 Å². The van der Waals surface area contributed by atoms with Crippen molar-refractivity contribution in [3.8, 4) is 5.75 Å². The fourth-order valence-electron chi connectivity index (χ4n) is 0.978. The summed E-state index contributed by atoms with van der Waals surface area (Å²) in [5, 5.41) is 0. The van der Waals surface area contributed by atoms with Crippen LogP contribution in [0.1, 0.15) is 5.56 Å². The molecule has 0 atom stereocenters. The van der Waals surface area contributed by atoms with E-state index in [1.54, 1.807) is 12.1 Å². The summed E-state index contributed by atoms with van der Waals surface area (Å²) in [6.45, 7) is -0.398. The normalized spacial score (nSPS) is 10.0. The molecule has 1 nitrogen and oxygen atoms in total. The first-order chi connectivity index (χ1) is 6.26. The van der Waals surface area contributed by atoms with E-state index in [1.165, 1.54) is 0 Å². The summed E-state index contributed by atoms with van der Waals surface area (Å²) < 4.78 is 17.8. The lowest BCUT2D eigenvalue weighted by Gasteiger charge is -2.06. The highest BCUT2D eigenvalue weighted by molar-refractivity contribution is 9.10. The van der Waals surface area contributed by atoms with Crippen molar-refractivity contribution in [3.05, 3.63) is 28.2 Å². The van der Waals surface area contributed by atoms with Crippen molar-refractivity contribution in [2.45, 2.75) is 6.32 Å². The molecule has 0 spiro atoms. The van der Waals surface area contributed by atoms with E-state index in [-0.39, 0.29) is 6.61 Å². The van der Waals surface area contributed by atoms with Gasteiger partial charge in [-0.05, 0) is 18.2 Å². The van der Waals surface area contributed by atoms with Gasteiger partial charge in [0, 0.05) is 4.47 Å². The highest BCUT2D eigenvalue weighted by atomic mass is 79.9. The van der Waals surface area contributed by atoms with Gasteiger partial charge in [-0.25, -0.2) is 4.39 Å². The van der Waals surface area contributed by atoms with Crippen molar-refractivity contribution >= 4 is 23.8 Å². The maximum Gasteiger partial charge on any atom is 0.123 e. The zero-order valence-corrected chi connectivity index (χ0v) is 8.68. The van der Waals surface area contributed by atoms with E-state index in [9.17, 15) is 4.39 Å². The number of halogens is 2. The van der Waals surface area contributed by atoms with Crippen molar-refractivity contribution in [2.24, 2.45) is 0 Å². The van der Waals surface area contributed by atoms with Crippen molar-refractivity contribution in [3.63, 3.8) is 0 Å². The molecule has 0 saturated heterocycles. The second-order valence-corrected chi connectivity index (χ2v) is 3.45. The first-order valence-corrected chi connectivity index (χ1v) is 4.74. The highest BCUT2D eigenvalue weighted by Gasteiger charge is 1.98. The van der Waals surface area contributed by atoms with Crippen LogP contribution < -0.4 is 4.74 Å². The molecule has 1 rings (SSSR count). The summed E-state index contributed by atoms with van der Waals surface area (Å²) in [5.74, 6) is 0.646. The van der Waals surface area contributed by atoms with Gasteiger partial charge in [-0.1, -0.05) is 27.8 Å². The topological polar surface area (TPSA) is 9.23 Å². The summed E-state index contributed by atoms with van der Waals surface area (Å²) >= 11 is 3.32. The molecule has 0 unspecified atom stereocenters. The van der Waals surface area contributed by atoms with Gasteiger partial charge in [0.05, 0.1) is 7.85 Å². The average Bonchev–Trinajstić information content (AvgIpc) is 2.14. The second-order valence-electron chi connectivity index (χ2n) is 2.54. The quantitative estimate of drug-likeness (QED) is 0.738. The van der Waals surface area contributed by atoms with Crippen LogP contribution in [0.4, 0.5) is 4.39 Å². The molecular formula is C9H9BBrFO. The van der Waals surface area contributed by atoms with Crippen LogP contribution in [-0.4, -0.2) is 21.1 Å². The third-order valence-electron chi connectivity index (χ3n) is 1.51. The minimum atomic E-state index is -0.482. The van der Waals surface area contributed by atoms with Gasteiger partial charge < -0.3 is 4.74 Å². The minimum Gasteiger partial charge on any atom is -0.491 e. The number of ether oxygens (including phenoxy) is 1. The largest absolute Gasteiger partial charge is 0.491 e. The highest BCUT2D eigenvalue weighted by Crippen LogP contribution is 2.21. The Bertz CT molecular complexity index is 280. The van der Waals surface area contributed by atoms with Crippen molar-refractivity contribution in [2.75, 3.05) is 13.3 Å². The Morgan fingerprint density at radius 1 is 1.38 bits per heavy atom. The fraction of sp³-hybridized carbons (Fsp3) is 0.333. The molecule has 0 aliphatic carbocycles. The zero-order valence-electron chi connectivity index (χ0n) is 7.09. The standard InChI is InChI=1S/C9H9BBrFO/c10-6-7-3-8(11)5-9(4-7)13-2-1-12/h3-5H,1-2,6H2. The number of rotatable bonds is 4. The molecule has 0 amide bonds. The first kappa shape index (κ1) is 10.6. The number of benzene rings is 1. The van der Waals surface area contributed by atoms with Gasteiger partial charge in [-0.15, -0.1) is 0 Å². The molecule has 1 aromatic rings. The van der Waals surface area contributed by atoms with Crippen LogP contribution in [0.5, 0.6) is 5.75 Å². The summed E-state index contributed by atoms with van der Waals surface area (Å²) in [6.07, 6.45) is 0.450. The van der Waals surface area contributed by atoms with E-state index in [1.807, 2.05) is 6.07 Å². The molecule has 0 fully saturated rings. The Hall–Kier alpha value is -0.505. The molecule has 13 heavy (non-hydrogen) atoms. The molecule has 0 N–H and O–H groups in total. The molecule has 4 heteroatoms. The number of alkyl halides is 1. The summed E-state index contributed by atoms with van der Waals surface area (Å²) in [7, 11) is 5.47. The van der Waals surface area contributed by atoms with Gasteiger partial charge in [-0.2, -0.15) is 0 Å².